The molecule has 4 aromatic rings. The number of thiazole rings is 1. The van der Waals surface area contributed by atoms with E-state index >= 15 is 0 Å². The minimum atomic E-state index is 0.365. The van der Waals surface area contributed by atoms with Crippen LogP contribution in [0.25, 0.3) is 10.2 Å². The summed E-state index contributed by atoms with van der Waals surface area (Å²) in [6.07, 6.45) is 6.67. The Labute approximate surface area is 217 Å². The molecule has 0 N–H and O–H groups in total. The molecule has 0 saturated carbocycles. The summed E-state index contributed by atoms with van der Waals surface area (Å²) < 4.78 is 7.19. The fourth-order valence-electron chi connectivity index (χ4n) is 5.67. The van der Waals surface area contributed by atoms with E-state index in [0.717, 1.165) is 66.5 Å². The lowest BCUT2D eigenvalue weighted by Gasteiger charge is -2.40. The van der Waals surface area contributed by atoms with E-state index in [4.69, 9.17) is 4.74 Å². The first-order valence-electron chi connectivity index (χ1n) is 13.0. The number of hydrogen-bond acceptors (Lipinski definition) is 5. The van der Waals surface area contributed by atoms with Crippen molar-refractivity contribution in [2.24, 2.45) is 0 Å². The number of fused-ring (bicyclic) bond motifs is 3. The zero-order valence-corrected chi connectivity index (χ0v) is 21.7. The lowest BCUT2D eigenvalue weighted by atomic mass is 9.93. The lowest BCUT2D eigenvalue weighted by Crippen LogP contribution is -2.47. The first kappa shape index (κ1) is 23.4. The predicted octanol–water partition coefficient (Wildman–Crippen LogP) is 6.05. The van der Waals surface area contributed by atoms with Gasteiger partial charge in [0.25, 0.3) is 0 Å². The molecule has 0 amide bonds. The third-order valence-corrected chi connectivity index (χ3v) is 8.49. The van der Waals surface area contributed by atoms with Gasteiger partial charge in [0.15, 0.2) is 0 Å². The topological polar surface area (TPSA) is 28.6 Å². The third-order valence-electron chi connectivity index (χ3n) is 7.49. The molecule has 0 spiro atoms. The number of ether oxygens (including phenoxy) is 1. The van der Waals surface area contributed by atoms with E-state index in [1.807, 2.05) is 25.1 Å². The first-order chi connectivity index (χ1) is 17.8. The smallest absolute Gasteiger partial charge is 0.139 e. The molecule has 1 saturated heterocycles. The Hall–Kier alpha value is -2.99. The molecule has 1 aromatic heterocycles. The van der Waals surface area contributed by atoms with Crippen molar-refractivity contribution < 1.29 is 4.74 Å². The third kappa shape index (κ3) is 4.83. The number of aryl methyl sites for hydroxylation is 3. The van der Waals surface area contributed by atoms with Gasteiger partial charge in [-0.15, -0.1) is 11.3 Å². The summed E-state index contributed by atoms with van der Waals surface area (Å²) in [7, 11) is 0. The summed E-state index contributed by atoms with van der Waals surface area (Å²) in [4.78, 5) is 9.81. The number of aromatic nitrogens is 1. The average molecular weight is 496 g/mol. The van der Waals surface area contributed by atoms with Crippen LogP contribution in [-0.2, 0) is 12.8 Å². The van der Waals surface area contributed by atoms with Crippen LogP contribution in [0.15, 0.2) is 78.9 Å². The van der Waals surface area contributed by atoms with Crippen molar-refractivity contribution in [3.63, 3.8) is 0 Å². The molecule has 2 aliphatic rings. The Kier molecular flexibility index (Phi) is 6.86. The molecule has 4 nitrogen and oxygen atoms in total. The minimum Gasteiger partial charge on any atom is -0.488 e. The molecular weight excluding hydrogens is 462 g/mol. The Morgan fingerprint density at radius 3 is 2.28 bits per heavy atom. The highest BCUT2D eigenvalue weighted by molar-refractivity contribution is 7.18. The van der Waals surface area contributed by atoms with Crippen LogP contribution < -0.4 is 4.74 Å². The van der Waals surface area contributed by atoms with Gasteiger partial charge < -0.3 is 4.74 Å². The molecule has 0 bridgehead atoms. The molecule has 0 radical (unpaired) electrons. The van der Waals surface area contributed by atoms with Gasteiger partial charge in [0.05, 0.1) is 21.3 Å². The molecule has 1 fully saturated rings. The predicted molar refractivity (Wildman–Crippen MR) is 149 cm³/mol. The van der Waals surface area contributed by atoms with Crippen LogP contribution in [0.3, 0.4) is 0 Å². The highest BCUT2D eigenvalue weighted by atomic mass is 32.1. The normalized spacial score (nSPS) is 17.2. The fourth-order valence-corrected chi connectivity index (χ4v) is 6.56. The first-order valence-corrected chi connectivity index (χ1v) is 13.8. The molecule has 184 valence electrons. The largest absolute Gasteiger partial charge is 0.488 e. The van der Waals surface area contributed by atoms with Gasteiger partial charge >= 0.3 is 0 Å². The summed E-state index contributed by atoms with van der Waals surface area (Å²) in [6.45, 7) is 7.96. The molecule has 36 heavy (non-hydrogen) atoms. The van der Waals surface area contributed by atoms with Crippen LogP contribution in [0, 0.1) is 6.92 Å². The van der Waals surface area contributed by atoms with Crippen molar-refractivity contribution in [3.05, 3.63) is 106 Å². The van der Waals surface area contributed by atoms with Gasteiger partial charge in [0.2, 0.25) is 0 Å². The summed E-state index contributed by atoms with van der Waals surface area (Å²) in [5, 5.41) is 1.08. The van der Waals surface area contributed by atoms with E-state index in [0.29, 0.717) is 12.6 Å². The van der Waals surface area contributed by atoms with Crippen LogP contribution in [0.4, 0.5) is 0 Å². The number of hydrogen-bond donors (Lipinski definition) is 0. The number of benzene rings is 3. The summed E-state index contributed by atoms with van der Waals surface area (Å²) in [5.74, 6) is 0.931. The fraction of sp³-hybridized carbons (Fsp3) is 0.323. The second kappa shape index (κ2) is 10.6. The van der Waals surface area contributed by atoms with E-state index in [1.54, 1.807) is 11.3 Å². The van der Waals surface area contributed by atoms with Crippen LogP contribution in [0.2, 0.25) is 0 Å². The van der Waals surface area contributed by atoms with E-state index in [1.165, 1.54) is 22.3 Å². The molecule has 1 aliphatic heterocycles. The Morgan fingerprint density at radius 2 is 1.56 bits per heavy atom. The summed E-state index contributed by atoms with van der Waals surface area (Å²) in [5.41, 5.74) is 7.04. The van der Waals surface area contributed by atoms with Crippen molar-refractivity contribution in [2.75, 3.05) is 39.3 Å². The number of rotatable bonds is 6. The molecular formula is C31H33N3OS. The molecule has 0 unspecified atom stereocenters. The van der Waals surface area contributed by atoms with E-state index < -0.39 is 0 Å². The zero-order valence-electron chi connectivity index (χ0n) is 20.9. The Bertz CT molecular complexity index is 1320. The van der Waals surface area contributed by atoms with Gasteiger partial charge in [-0.2, -0.15) is 0 Å². The average Bonchev–Trinajstić information content (AvgIpc) is 3.22. The Balaban J connectivity index is 1.06. The monoisotopic (exact) mass is 495 g/mol. The number of piperazine rings is 1. The van der Waals surface area contributed by atoms with Gasteiger partial charge in [-0.3, -0.25) is 9.80 Å². The summed E-state index contributed by atoms with van der Waals surface area (Å²) in [6, 6.07) is 24.6. The van der Waals surface area contributed by atoms with Gasteiger partial charge in [0, 0.05) is 32.7 Å². The van der Waals surface area contributed by atoms with Gasteiger partial charge in [-0.05, 0) is 54.2 Å². The van der Waals surface area contributed by atoms with Crippen molar-refractivity contribution in [3.8, 4) is 5.75 Å². The van der Waals surface area contributed by atoms with E-state index in [-0.39, 0.29) is 0 Å². The van der Waals surface area contributed by atoms with Crippen LogP contribution >= 0.6 is 11.3 Å². The van der Waals surface area contributed by atoms with Gasteiger partial charge in [0.1, 0.15) is 12.4 Å². The molecule has 0 atom stereocenters. The molecule has 5 heteroatoms. The standard InChI is InChI=1S/C31H33N3OS/c1-23-32-28-13-8-14-29(31(28)36-23)35-22-7-6-17-33-18-20-34(21-19-33)30-26-11-4-2-9-24(26)15-16-25-10-3-5-12-27(25)30/h2-14,30H,15-22H2,1H3/b7-6+. The van der Waals surface area contributed by atoms with Crippen molar-refractivity contribution >= 4 is 21.6 Å². The second-order valence-electron chi connectivity index (χ2n) is 9.76. The van der Waals surface area contributed by atoms with Crippen LogP contribution in [0.5, 0.6) is 5.75 Å². The molecule has 2 heterocycles. The summed E-state index contributed by atoms with van der Waals surface area (Å²) >= 11 is 1.70. The number of nitrogens with zero attached hydrogens (tertiary/aromatic N) is 3. The maximum atomic E-state index is 6.05. The van der Waals surface area contributed by atoms with Crippen molar-refractivity contribution in [1.82, 2.24) is 14.8 Å². The SMILES string of the molecule is Cc1nc2cccc(OC/C=C/CN3CCN(C4c5ccccc5CCc5ccccc54)CC3)c2s1. The maximum Gasteiger partial charge on any atom is 0.139 e. The minimum absolute atomic E-state index is 0.365. The second-order valence-corrected chi connectivity index (χ2v) is 11.0. The lowest BCUT2D eigenvalue weighted by molar-refractivity contribution is 0.117. The van der Waals surface area contributed by atoms with Crippen LogP contribution in [0.1, 0.15) is 33.3 Å². The molecule has 6 rings (SSSR count). The van der Waals surface area contributed by atoms with Gasteiger partial charge in [-0.1, -0.05) is 66.7 Å². The van der Waals surface area contributed by atoms with Gasteiger partial charge in [-0.25, -0.2) is 4.98 Å². The maximum absolute atomic E-state index is 6.05. The quantitative estimate of drug-likeness (QED) is 0.305. The Morgan fingerprint density at radius 1 is 0.861 bits per heavy atom. The van der Waals surface area contributed by atoms with Crippen LogP contribution in [-0.4, -0.2) is 54.1 Å². The molecule has 3 aromatic carbocycles. The highest BCUT2D eigenvalue weighted by Gasteiger charge is 2.30. The zero-order chi connectivity index (χ0) is 24.3. The van der Waals surface area contributed by atoms with E-state index in [9.17, 15) is 0 Å². The van der Waals surface area contributed by atoms with Crippen molar-refractivity contribution in [2.45, 2.75) is 25.8 Å². The van der Waals surface area contributed by atoms with E-state index in [2.05, 4.69) is 75.5 Å². The highest BCUT2D eigenvalue weighted by Crippen LogP contribution is 2.37. The molecule has 1 aliphatic carbocycles. The van der Waals surface area contributed by atoms with Crippen molar-refractivity contribution in [1.29, 1.82) is 0 Å².